The lowest BCUT2D eigenvalue weighted by Gasteiger charge is -2.15. The van der Waals surface area contributed by atoms with Gasteiger partial charge in [-0.15, -0.1) is 0 Å². The number of carbonyl (C=O) groups excluding carboxylic acids is 3. The van der Waals surface area contributed by atoms with Gasteiger partial charge in [-0.05, 0) is 28.1 Å². The Morgan fingerprint density at radius 3 is 2.75 bits per heavy atom. The second kappa shape index (κ2) is 4.17. The molecule has 1 aliphatic rings. The number of anilines is 1. The number of benzene rings is 1. The summed E-state index contributed by atoms with van der Waals surface area (Å²) < 4.78 is 0.690. The predicted molar refractivity (Wildman–Crippen MR) is 61.5 cm³/mol. The van der Waals surface area contributed by atoms with Gasteiger partial charge < -0.3 is 9.69 Å². The Kier molecular flexibility index (Phi) is 2.87. The Hall–Kier alpha value is -1.49. The summed E-state index contributed by atoms with van der Waals surface area (Å²) in [5.41, 5.74) is 0.963. The molecule has 0 atom stereocenters. The molecule has 0 saturated carbocycles. The van der Waals surface area contributed by atoms with E-state index in [0.717, 1.165) is 6.29 Å². The number of Topliss-reactive ketones (excluding diaryl/α,β-unsaturated/α-hetero) is 1. The maximum Gasteiger partial charge on any atom is 0.299 e. The summed E-state index contributed by atoms with van der Waals surface area (Å²) in [6.45, 7) is 0.240. The Morgan fingerprint density at radius 2 is 2.06 bits per heavy atom. The molecule has 1 amide bonds. The first-order chi connectivity index (χ1) is 7.66. The van der Waals surface area contributed by atoms with Gasteiger partial charge in [0, 0.05) is 17.4 Å². The highest BCUT2D eigenvalue weighted by molar-refractivity contribution is 9.10. The molecule has 0 spiro atoms. The van der Waals surface area contributed by atoms with E-state index in [4.69, 9.17) is 0 Å². The highest BCUT2D eigenvalue weighted by atomic mass is 79.9. The Balaban J connectivity index is 2.47. The molecule has 0 aromatic heterocycles. The van der Waals surface area contributed by atoms with Gasteiger partial charge in [-0.1, -0.05) is 6.07 Å². The fourth-order valence-corrected chi connectivity index (χ4v) is 2.29. The van der Waals surface area contributed by atoms with Crippen molar-refractivity contribution in [2.75, 3.05) is 11.4 Å². The first kappa shape index (κ1) is 11.0. The van der Waals surface area contributed by atoms with Gasteiger partial charge >= 0.3 is 0 Å². The monoisotopic (exact) mass is 281 g/mol. The largest absolute Gasteiger partial charge is 0.303 e. The number of fused-ring (bicyclic) bond motifs is 1. The number of hydrogen-bond acceptors (Lipinski definition) is 3. The minimum Gasteiger partial charge on any atom is -0.303 e. The van der Waals surface area contributed by atoms with Crippen molar-refractivity contribution in [1.29, 1.82) is 0 Å². The molecule has 4 nitrogen and oxygen atoms in total. The molecule has 0 aliphatic carbocycles. The molecule has 1 aliphatic heterocycles. The Bertz CT molecular complexity index is 484. The van der Waals surface area contributed by atoms with E-state index in [0.29, 0.717) is 15.7 Å². The van der Waals surface area contributed by atoms with E-state index < -0.39 is 11.7 Å². The normalized spacial score (nSPS) is 14.2. The van der Waals surface area contributed by atoms with Crippen LogP contribution in [0.4, 0.5) is 5.69 Å². The number of halogens is 1. The molecule has 0 saturated heterocycles. The van der Waals surface area contributed by atoms with Crippen molar-refractivity contribution in [3.05, 3.63) is 28.2 Å². The van der Waals surface area contributed by atoms with Gasteiger partial charge in [0.15, 0.2) is 0 Å². The number of carbonyl (C=O) groups is 3. The van der Waals surface area contributed by atoms with Crippen LogP contribution in [0.3, 0.4) is 0 Å². The third kappa shape index (κ3) is 1.57. The second-order valence-electron chi connectivity index (χ2n) is 3.38. The number of amides is 1. The van der Waals surface area contributed by atoms with Gasteiger partial charge in [0.1, 0.15) is 6.29 Å². The zero-order chi connectivity index (χ0) is 11.7. The summed E-state index contributed by atoms with van der Waals surface area (Å²) in [6.07, 6.45) is 0.951. The van der Waals surface area contributed by atoms with Crippen LogP contribution in [-0.2, 0) is 9.59 Å². The molecule has 82 valence electrons. The first-order valence-corrected chi connectivity index (χ1v) is 5.54. The van der Waals surface area contributed by atoms with Gasteiger partial charge in [-0.25, -0.2) is 0 Å². The maximum atomic E-state index is 11.7. The summed E-state index contributed by atoms with van der Waals surface area (Å²) in [7, 11) is 0. The molecule has 5 heteroatoms. The van der Waals surface area contributed by atoms with Crippen molar-refractivity contribution in [2.24, 2.45) is 0 Å². The zero-order valence-electron chi connectivity index (χ0n) is 8.27. The van der Waals surface area contributed by atoms with E-state index in [1.807, 2.05) is 0 Å². The number of para-hydroxylation sites is 1. The van der Waals surface area contributed by atoms with Crippen LogP contribution in [0, 0.1) is 0 Å². The summed E-state index contributed by atoms with van der Waals surface area (Å²) >= 11 is 3.30. The summed E-state index contributed by atoms with van der Waals surface area (Å²) in [6, 6.07) is 5.08. The van der Waals surface area contributed by atoms with Crippen LogP contribution >= 0.6 is 15.9 Å². The van der Waals surface area contributed by atoms with Crippen molar-refractivity contribution in [2.45, 2.75) is 6.42 Å². The first-order valence-electron chi connectivity index (χ1n) is 4.75. The number of nitrogens with zero attached hydrogens (tertiary/aromatic N) is 1. The standard InChI is InChI=1S/C11H8BrNO3/c12-8-4-1-3-7-9(8)13(5-2-6-14)11(16)10(7)15/h1,3-4,6H,2,5H2. The van der Waals surface area contributed by atoms with Crippen LogP contribution in [0.25, 0.3) is 0 Å². The Morgan fingerprint density at radius 1 is 1.31 bits per heavy atom. The molecule has 1 aromatic carbocycles. The zero-order valence-corrected chi connectivity index (χ0v) is 9.86. The van der Waals surface area contributed by atoms with Crippen molar-refractivity contribution in [1.82, 2.24) is 0 Å². The minimum absolute atomic E-state index is 0.222. The van der Waals surface area contributed by atoms with Gasteiger partial charge in [-0.2, -0.15) is 0 Å². The molecular weight excluding hydrogens is 274 g/mol. The van der Waals surface area contributed by atoms with Crippen LogP contribution in [0.2, 0.25) is 0 Å². The number of aldehydes is 1. The maximum absolute atomic E-state index is 11.7. The summed E-state index contributed by atoms with van der Waals surface area (Å²) in [5.74, 6) is -1.08. The third-order valence-electron chi connectivity index (χ3n) is 2.41. The SMILES string of the molecule is O=CCCN1C(=O)C(=O)c2cccc(Br)c21. The fraction of sp³-hybridized carbons (Fsp3) is 0.182. The molecule has 0 radical (unpaired) electrons. The molecule has 1 aromatic rings. The lowest BCUT2D eigenvalue weighted by Crippen LogP contribution is -2.31. The van der Waals surface area contributed by atoms with E-state index in [1.54, 1.807) is 18.2 Å². The van der Waals surface area contributed by atoms with Crippen molar-refractivity contribution in [3.63, 3.8) is 0 Å². The molecule has 1 heterocycles. The van der Waals surface area contributed by atoms with Gasteiger partial charge in [0.2, 0.25) is 0 Å². The topological polar surface area (TPSA) is 54.5 Å². The number of ketones is 1. The quantitative estimate of drug-likeness (QED) is 0.624. The Labute approximate surface area is 100 Å². The molecular formula is C11H8BrNO3. The van der Waals surface area contributed by atoms with Crippen LogP contribution in [-0.4, -0.2) is 24.5 Å². The fourth-order valence-electron chi connectivity index (χ4n) is 1.71. The highest BCUT2D eigenvalue weighted by Crippen LogP contribution is 2.35. The smallest absolute Gasteiger partial charge is 0.299 e. The molecule has 0 unspecified atom stereocenters. The van der Waals surface area contributed by atoms with Gasteiger partial charge in [-0.3, -0.25) is 9.59 Å². The molecule has 0 bridgehead atoms. The van der Waals surface area contributed by atoms with E-state index in [-0.39, 0.29) is 13.0 Å². The molecule has 0 N–H and O–H groups in total. The summed E-state index contributed by atoms with van der Waals surface area (Å²) in [5, 5.41) is 0. The van der Waals surface area contributed by atoms with Gasteiger partial charge in [0.25, 0.3) is 11.7 Å². The minimum atomic E-state index is -0.566. The van der Waals surface area contributed by atoms with E-state index in [1.165, 1.54) is 4.90 Å². The molecule has 16 heavy (non-hydrogen) atoms. The van der Waals surface area contributed by atoms with Gasteiger partial charge in [0.05, 0.1) is 11.3 Å². The molecule has 0 fully saturated rings. The van der Waals surface area contributed by atoms with Crippen molar-refractivity contribution >= 4 is 39.6 Å². The average Bonchev–Trinajstić information content (AvgIpc) is 2.52. The van der Waals surface area contributed by atoms with Crippen molar-refractivity contribution < 1.29 is 14.4 Å². The van der Waals surface area contributed by atoms with E-state index in [9.17, 15) is 14.4 Å². The number of rotatable bonds is 3. The second-order valence-corrected chi connectivity index (χ2v) is 4.23. The third-order valence-corrected chi connectivity index (χ3v) is 3.05. The van der Waals surface area contributed by atoms with Crippen LogP contribution in [0.5, 0.6) is 0 Å². The predicted octanol–water partition coefficient (Wildman–Crippen LogP) is 1.57. The highest BCUT2D eigenvalue weighted by Gasteiger charge is 2.36. The summed E-state index contributed by atoms with van der Waals surface area (Å²) in [4.78, 5) is 34.9. The van der Waals surface area contributed by atoms with E-state index >= 15 is 0 Å². The molecule has 2 rings (SSSR count). The van der Waals surface area contributed by atoms with Crippen LogP contribution < -0.4 is 4.90 Å². The lowest BCUT2D eigenvalue weighted by molar-refractivity contribution is -0.114. The average molecular weight is 282 g/mol. The van der Waals surface area contributed by atoms with Crippen LogP contribution in [0.1, 0.15) is 16.8 Å². The van der Waals surface area contributed by atoms with Crippen molar-refractivity contribution in [3.8, 4) is 0 Å². The van der Waals surface area contributed by atoms with Crippen LogP contribution in [0.15, 0.2) is 22.7 Å². The van der Waals surface area contributed by atoms with E-state index in [2.05, 4.69) is 15.9 Å². The lowest BCUT2D eigenvalue weighted by atomic mass is 10.1. The number of hydrogen-bond donors (Lipinski definition) is 0.